The summed E-state index contributed by atoms with van der Waals surface area (Å²) in [4.78, 5) is 13.9. The highest BCUT2D eigenvalue weighted by Gasteiger charge is 2.22. The Labute approximate surface area is 293 Å². The smallest absolute Gasteiger partial charge is 0.234 e. The van der Waals surface area contributed by atoms with Crippen LogP contribution in [-0.4, -0.2) is 190 Å². The number of hydrogen-bond acceptors (Lipinski definition) is 15. The van der Waals surface area contributed by atoms with Crippen LogP contribution in [0.4, 0.5) is 0 Å². The van der Waals surface area contributed by atoms with Gasteiger partial charge >= 0.3 is 0 Å². The quantitative estimate of drug-likeness (QED) is 0.0299. The fraction of sp³-hybridized carbons (Fsp3) is 0.970. The van der Waals surface area contributed by atoms with E-state index in [9.17, 15) is 45.6 Å². The molecule has 0 spiro atoms. The molecule has 1 atom stereocenters. The molecule has 0 fully saturated rings. The van der Waals surface area contributed by atoms with Crippen molar-refractivity contribution in [3.05, 3.63) is 0 Å². The normalized spacial score (nSPS) is 12.7. The first-order chi connectivity index (χ1) is 23.7. The molecule has 0 unspecified atom stereocenters. The zero-order valence-corrected chi connectivity index (χ0v) is 30.2. The molecule has 16 heteroatoms. The lowest BCUT2D eigenvalue weighted by Gasteiger charge is -2.32. The van der Waals surface area contributed by atoms with Gasteiger partial charge < -0.3 is 75.8 Å². The third kappa shape index (κ3) is 26.4. The van der Waals surface area contributed by atoms with Gasteiger partial charge in [0.2, 0.25) is 5.91 Å². The van der Waals surface area contributed by atoms with Crippen LogP contribution < -0.4 is 11.1 Å². The van der Waals surface area contributed by atoms with Crippen molar-refractivity contribution in [3.63, 3.8) is 0 Å². The summed E-state index contributed by atoms with van der Waals surface area (Å²) in [7, 11) is 1.68. The number of hydrogen-bond donors (Lipinski definition) is 10. The van der Waals surface area contributed by atoms with E-state index >= 15 is 0 Å². The lowest BCUT2D eigenvalue weighted by Crippen LogP contribution is -2.41. The Morgan fingerprint density at radius 3 is 1.08 bits per heavy atom. The number of nitrogens with two attached hydrogens (primary N) is 1. The third-order valence-corrected chi connectivity index (χ3v) is 7.84. The van der Waals surface area contributed by atoms with Crippen LogP contribution >= 0.6 is 0 Å². The van der Waals surface area contributed by atoms with E-state index in [0.717, 1.165) is 6.42 Å². The van der Waals surface area contributed by atoms with Gasteiger partial charge in [-0.2, -0.15) is 0 Å². The number of nitrogens with zero attached hydrogens (tertiary/aromatic N) is 1. The van der Waals surface area contributed by atoms with Crippen molar-refractivity contribution >= 4 is 5.91 Å². The van der Waals surface area contributed by atoms with Gasteiger partial charge in [-0.3, -0.25) is 4.79 Å². The Morgan fingerprint density at radius 2 is 0.837 bits per heavy atom. The molecule has 0 aromatic carbocycles. The Balaban J connectivity index is 0. The van der Waals surface area contributed by atoms with E-state index in [0.29, 0.717) is 32.5 Å². The Morgan fingerprint density at radius 1 is 0.551 bits per heavy atom. The van der Waals surface area contributed by atoms with Gasteiger partial charge in [0, 0.05) is 48.6 Å². The minimum absolute atomic E-state index is 0.149. The summed E-state index contributed by atoms with van der Waals surface area (Å²) in [6.07, 6.45) is 2.01. The van der Waals surface area contributed by atoms with Crippen molar-refractivity contribution in [2.45, 2.75) is 39.2 Å². The Hall–Kier alpha value is -1.09. The van der Waals surface area contributed by atoms with E-state index in [1.54, 1.807) is 7.05 Å². The number of nitrogens with one attached hydrogen (secondary N) is 1. The SMILES string of the molecule is CC.CN[C@H](CCCCN(CC(COCC(CO)CO)COCC(CO)CO)CC(COCC(CO)CO)COCC(CO)CO)C(N)=O. The van der Waals surface area contributed by atoms with Gasteiger partial charge in [-0.15, -0.1) is 0 Å². The monoisotopic (exact) mass is 717 g/mol. The zero-order valence-electron chi connectivity index (χ0n) is 30.2. The summed E-state index contributed by atoms with van der Waals surface area (Å²) >= 11 is 0. The fourth-order valence-corrected chi connectivity index (χ4v) is 4.67. The number of aliphatic hydroxyl groups is 8. The lowest BCUT2D eigenvalue weighted by molar-refractivity contribution is -0.120. The number of unbranched alkanes of at least 4 members (excludes halogenated alkanes) is 1. The highest BCUT2D eigenvalue weighted by Crippen LogP contribution is 2.14. The van der Waals surface area contributed by atoms with Crippen LogP contribution in [-0.2, 0) is 23.7 Å². The maximum absolute atomic E-state index is 11.7. The number of aliphatic hydroxyl groups excluding tert-OH is 8. The zero-order chi connectivity index (χ0) is 37.3. The summed E-state index contributed by atoms with van der Waals surface area (Å²) in [5.41, 5.74) is 5.48. The maximum atomic E-state index is 11.7. The second-order valence-corrected chi connectivity index (χ2v) is 12.3. The molecule has 49 heavy (non-hydrogen) atoms. The number of carbonyl (C=O) groups is 1. The molecule has 0 heterocycles. The average Bonchev–Trinajstić information content (AvgIpc) is 3.12. The van der Waals surface area contributed by atoms with E-state index in [2.05, 4.69) is 10.2 Å². The molecule has 0 aromatic heterocycles. The molecule has 0 radical (unpaired) electrons. The summed E-state index contributed by atoms with van der Waals surface area (Å²) in [5, 5.41) is 78.5. The van der Waals surface area contributed by atoms with Crippen LogP contribution in [0.1, 0.15) is 33.1 Å². The molecule has 0 saturated carbocycles. The molecule has 296 valence electrons. The molecule has 0 aliphatic carbocycles. The highest BCUT2D eigenvalue weighted by molar-refractivity contribution is 5.79. The number of rotatable bonds is 35. The number of ether oxygens (including phenoxy) is 4. The van der Waals surface area contributed by atoms with Gasteiger partial charge in [-0.05, 0) is 26.4 Å². The number of primary amides is 1. The van der Waals surface area contributed by atoms with Gasteiger partial charge in [-0.1, -0.05) is 20.3 Å². The number of carbonyl (C=O) groups excluding carboxylic acids is 1. The second kappa shape index (κ2) is 35.3. The van der Waals surface area contributed by atoms with Crippen molar-refractivity contribution in [3.8, 4) is 0 Å². The molecule has 1 amide bonds. The molecule has 11 N–H and O–H groups in total. The summed E-state index contributed by atoms with van der Waals surface area (Å²) in [6.45, 7) is 5.44. The van der Waals surface area contributed by atoms with Gasteiger partial charge in [0.25, 0.3) is 0 Å². The molecule has 0 rings (SSSR count). The minimum Gasteiger partial charge on any atom is -0.396 e. The summed E-state index contributed by atoms with van der Waals surface area (Å²) < 4.78 is 23.4. The maximum Gasteiger partial charge on any atom is 0.234 e. The number of likely N-dealkylation sites (N-methyl/N-ethyl adjacent to an activating group) is 1. The molecule has 0 aromatic rings. The van der Waals surface area contributed by atoms with Gasteiger partial charge in [0.15, 0.2) is 0 Å². The predicted octanol–water partition coefficient (Wildman–Crippen LogP) is -2.74. The Kier molecular flexibility index (Phi) is 36.1. The van der Waals surface area contributed by atoms with Crippen molar-refractivity contribution in [1.82, 2.24) is 10.2 Å². The predicted molar refractivity (Wildman–Crippen MR) is 185 cm³/mol. The van der Waals surface area contributed by atoms with Crippen molar-refractivity contribution in [2.24, 2.45) is 41.2 Å². The third-order valence-electron chi connectivity index (χ3n) is 7.84. The van der Waals surface area contributed by atoms with E-state index < -0.39 is 35.6 Å². The van der Waals surface area contributed by atoms with Gasteiger partial charge in [0.05, 0.1) is 112 Å². The molecule has 16 nitrogen and oxygen atoms in total. The first-order valence-electron chi connectivity index (χ1n) is 17.6. The fourth-order valence-electron chi connectivity index (χ4n) is 4.67. The summed E-state index contributed by atoms with van der Waals surface area (Å²) in [5.74, 6) is -2.46. The molecular weight excluding hydrogens is 646 g/mol. The lowest BCUT2D eigenvalue weighted by atomic mass is 10.1. The van der Waals surface area contributed by atoms with Crippen molar-refractivity contribution in [2.75, 3.05) is 132 Å². The first kappa shape index (κ1) is 50.0. The molecule has 0 aliphatic rings. The largest absolute Gasteiger partial charge is 0.396 e. The molecule has 0 bridgehead atoms. The molecule has 0 aliphatic heterocycles. The summed E-state index contributed by atoms with van der Waals surface area (Å²) in [6, 6.07) is -0.443. The van der Waals surface area contributed by atoms with Crippen LogP contribution in [0.2, 0.25) is 0 Å². The van der Waals surface area contributed by atoms with Gasteiger partial charge in [-0.25, -0.2) is 0 Å². The molecular formula is C33H71N3O13. The van der Waals surface area contributed by atoms with Crippen molar-refractivity contribution < 1.29 is 64.6 Å². The minimum atomic E-state index is -0.443. The highest BCUT2D eigenvalue weighted by atomic mass is 16.5. The first-order valence-corrected chi connectivity index (χ1v) is 17.6. The van der Waals surface area contributed by atoms with Crippen LogP contribution in [0.5, 0.6) is 0 Å². The van der Waals surface area contributed by atoms with E-state index in [1.807, 2.05) is 13.8 Å². The Bertz CT molecular complexity index is 623. The van der Waals surface area contributed by atoms with E-state index in [4.69, 9.17) is 24.7 Å². The molecule has 0 saturated heterocycles. The topological polar surface area (TPSA) is 257 Å². The van der Waals surface area contributed by atoms with Crippen molar-refractivity contribution in [1.29, 1.82) is 0 Å². The van der Waals surface area contributed by atoms with E-state index in [-0.39, 0.29) is 118 Å². The second-order valence-electron chi connectivity index (χ2n) is 12.3. The van der Waals surface area contributed by atoms with Gasteiger partial charge in [0.1, 0.15) is 0 Å². The standard InChI is InChI=1S/C31H65N3O13.C2H6/c1-33-30(31(32)43)4-2-3-5-34(6-24(16-44-20-26(8-35)9-36)17-45-21-27(10-37)11-38)7-25(18-46-22-28(12-39)13-40)19-47-23-29(14-41)15-42;1-2/h24-30,33,35-42H,2-23H2,1H3,(H2,32,43);1-2H3/t30-;/m1./s1. The van der Waals surface area contributed by atoms with Crippen LogP contribution in [0.25, 0.3) is 0 Å². The average molecular weight is 718 g/mol. The van der Waals surface area contributed by atoms with Crippen LogP contribution in [0.15, 0.2) is 0 Å². The number of amides is 1. The van der Waals surface area contributed by atoms with E-state index in [1.165, 1.54) is 0 Å². The van der Waals surface area contributed by atoms with Crippen LogP contribution in [0, 0.1) is 35.5 Å². The van der Waals surface area contributed by atoms with Crippen LogP contribution in [0.3, 0.4) is 0 Å².